The molecule has 4 aromatic rings. The molecule has 0 spiro atoms. The molecular weight excluding hydrogens is 320 g/mol. The largest absolute Gasteiger partial charge is 0.497 e. The van der Waals surface area contributed by atoms with Crippen LogP contribution in [-0.2, 0) is 0 Å². The van der Waals surface area contributed by atoms with Crippen molar-refractivity contribution in [2.24, 2.45) is 0 Å². The Morgan fingerprint density at radius 1 is 1.08 bits per heavy atom. The van der Waals surface area contributed by atoms with Gasteiger partial charge in [-0.05, 0) is 29.7 Å². The molecule has 0 aliphatic heterocycles. The third-order valence-corrected chi connectivity index (χ3v) is 4.85. The number of rotatable bonds is 3. The number of nitrogens with one attached hydrogen (secondary N) is 1. The number of nitrogens with zero attached hydrogens (tertiary/aromatic N) is 1. The fourth-order valence-electron chi connectivity index (χ4n) is 2.64. The van der Waals surface area contributed by atoms with Crippen LogP contribution in [0.5, 0.6) is 5.75 Å². The molecule has 4 nitrogen and oxygen atoms in total. The number of ether oxygens (including phenoxy) is 1. The van der Waals surface area contributed by atoms with Gasteiger partial charge in [0.15, 0.2) is 5.13 Å². The highest BCUT2D eigenvalue weighted by Crippen LogP contribution is 2.32. The topological polar surface area (TPSA) is 51.2 Å². The van der Waals surface area contributed by atoms with Gasteiger partial charge >= 0.3 is 0 Å². The molecule has 1 amide bonds. The minimum Gasteiger partial charge on any atom is -0.497 e. The lowest BCUT2D eigenvalue weighted by Crippen LogP contribution is -2.11. The summed E-state index contributed by atoms with van der Waals surface area (Å²) < 4.78 is 6.24. The Morgan fingerprint density at radius 3 is 2.83 bits per heavy atom. The molecule has 0 bridgehead atoms. The first kappa shape index (κ1) is 14.7. The normalized spacial score (nSPS) is 10.9. The number of amides is 1. The van der Waals surface area contributed by atoms with Gasteiger partial charge in [0, 0.05) is 10.9 Å². The summed E-state index contributed by atoms with van der Waals surface area (Å²) in [6.45, 7) is 0. The second-order valence-electron chi connectivity index (χ2n) is 5.34. The Bertz CT molecular complexity index is 1060. The van der Waals surface area contributed by atoms with Crippen LogP contribution < -0.4 is 10.1 Å². The summed E-state index contributed by atoms with van der Waals surface area (Å²) >= 11 is 1.49. The average molecular weight is 334 g/mol. The summed E-state index contributed by atoms with van der Waals surface area (Å²) in [5.41, 5.74) is 1.43. The van der Waals surface area contributed by atoms with Gasteiger partial charge in [0.25, 0.3) is 5.91 Å². The van der Waals surface area contributed by atoms with E-state index in [4.69, 9.17) is 4.74 Å². The molecular formula is C19H14N2O2S. The smallest absolute Gasteiger partial charge is 0.257 e. The number of fused-ring (bicyclic) bond motifs is 3. The van der Waals surface area contributed by atoms with Gasteiger partial charge in [-0.25, -0.2) is 4.98 Å². The van der Waals surface area contributed by atoms with E-state index in [2.05, 4.69) is 22.4 Å². The molecule has 0 unspecified atom stereocenters. The van der Waals surface area contributed by atoms with Crippen LogP contribution in [0.3, 0.4) is 0 Å². The van der Waals surface area contributed by atoms with E-state index >= 15 is 0 Å². The SMILES string of the molecule is COc1cccc(C(=O)Nc2nc3ccc4ccccc4c3s2)c1. The van der Waals surface area contributed by atoms with Gasteiger partial charge in [-0.1, -0.05) is 47.7 Å². The van der Waals surface area contributed by atoms with Gasteiger partial charge in [0.05, 0.1) is 17.3 Å². The highest BCUT2D eigenvalue weighted by Gasteiger charge is 2.12. The maximum absolute atomic E-state index is 12.4. The van der Waals surface area contributed by atoms with Crippen molar-refractivity contribution in [3.63, 3.8) is 0 Å². The summed E-state index contributed by atoms with van der Waals surface area (Å²) in [5, 5.41) is 5.78. The Hall–Kier alpha value is -2.92. The molecule has 0 atom stereocenters. The fourth-order valence-corrected chi connectivity index (χ4v) is 3.64. The van der Waals surface area contributed by atoms with Crippen molar-refractivity contribution in [1.82, 2.24) is 4.98 Å². The molecule has 0 fully saturated rings. The molecule has 1 heterocycles. The van der Waals surface area contributed by atoms with Crippen LogP contribution in [-0.4, -0.2) is 18.0 Å². The molecule has 1 aromatic heterocycles. The monoisotopic (exact) mass is 334 g/mol. The molecule has 3 aromatic carbocycles. The third kappa shape index (κ3) is 2.59. The molecule has 0 aliphatic carbocycles. The first-order valence-electron chi connectivity index (χ1n) is 7.48. The standard InChI is InChI=1S/C19H14N2O2S/c1-23-14-7-4-6-13(11-14)18(22)21-19-20-16-10-9-12-5-2-3-8-15(12)17(16)24-19/h2-11H,1H3,(H,20,21,22). The maximum atomic E-state index is 12.4. The first-order valence-corrected chi connectivity index (χ1v) is 8.30. The molecule has 0 aliphatic rings. The first-order chi connectivity index (χ1) is 11.7. The number of benzene rings is 3. The summed E-state index contributed by atoms with van der Waals surface area (Å²) in [6.07, 6.45) is 0. The minimum absolute atomic E-state index is 0.197. The van der Waals surface area contributed by atoms with Gasteiger partial charge < -0.3 is 4.74 Å². The number of carbonyl (C=O) groups excluding carboxylic acids is 1. The highest BCUT2D eigenvalue weighted by atomic mass is 32.1. The predicted octanol–water partition coefficient (Wildman–Crippen LogP) is 4.71. The second kappa shape index (κ2) is 5.94. The highest BCUT2D eigenvalue weighted by molar-refractivity contribution is 7.23. The molecule has 1 N–H and O–H groups in total. The van der Waals surface area contributed by atoms with E-state index in [1.54, 1.807) is 31.4 Å². The number of aromatic nitrogens is 1. The zero-order valence-corrected chi connectivity index (χ0v) is 13.8. The number of methoxy groups -OCH3 is 1. The summed E-state index contributed by atoms with van der Waals surface area (Å²) in [6, 6.07) is 19.3. The van der Waals surface area contributed by atoms with E-state index in [1.807, 2.05) is 24.3 Å². The van der Waals surface area contributed by atoms with Crippen molar-refractivity contribution in [3.8, 4) is 5.75 Å². The molecule has 118 valence electrons. The van der Waals surface area contributed by atoms with E-state index in [-0.39, 0.29) is 5.91 Å². The van der Waals surface area contributed by atoms with Gasteiger partial charge in [-0.3, -0.25) is 10.1 Å². The third-order valence-electron chi connectivity index (χ3n) is 3.83. The number of thiazole rings is 1. The molecule has 0 saturated carbocycles. The Balaban J connectivity index is 1.69. The van der Waals surface area contributed by atoms with E-state index in [0.29, 0.717) is 16.4 Å². The lowest BCUT2D eigenvalue weighted by molar-refractivity contribution is 0.102. The second-order valence-corrected chi connectivity index (χ2v) is 6.34. The quantitative estimate of drug-likeness (QED) is 0.590. The van der Waals surface area contributed by atoms with E-state index in [0.717, 1.165) is 15.6 Å². The maximum Gasteiger partial charge on any atom is 0.257 e. The van der Waals surface area contributed by atoms with Gasteiger partial charge in [-0.2, -0.15) is 0 Å². The van der Waals surface area contributed by atoms with Crippen LogP contribution >= 0.6 is 11.3 Å². The number of hydrogen-bond acceptors (Lipinski definition) is 4. The number of anilines is 1. The van der Waals surface area contributed by atoms with Crippen molar-refractivity contribution >= 4 is 43.4 Å². The van der Waals surface area contributed by atoms with Crippen LogP contribution in [0, 0.1) is 0 Å². The number of hydrogen-bond donors (Lipinski definition) is 1. The Labute approximate surface area is 142 Å². The van der Waals surface area contributed by atoms with Crippen LogP contribution in [0.2, 0.25) is 0 Å². The van der Waals surface area contributed by atoms with Crippen molar-refractivity contribution in [2.75, 3.05) is 12.4 Å². The van der Waals surface area contributed by atoms with Crippen molar-refractivity contribution in [2.45, 2.75) is 0 Å². The Morgan fingerprint density at radius 2 is 1.96 bits per heavy atom. The molecule has 24 heavy (non-hydrogen) atoms. The summed E-state index contributed by atoms with van der Waals surface area (Å²) in [4.78, 5) is 16.9. The van der Waals surface area contributed by atoms with Crippen LogP contribution in [0.15, 0.2) is 60.7 Å². The van der Waals surface area contributed by atoms with Gasteiger partial charge in [-0.15, -0.1) is 0 Å². The molecule has 0 radical (unpaired) electrons. The lowest BCUT2D eigenvalue weighted by atomic mass is 10.1. The average Bonchev–Trinajstić information content (AvgIpc) is 3.04. The van der Waals surface area contributed by atoms with Crippen LogP contribution in [0.4, 0.5) is 5.13 Å². The van der Waals surface area contributed by atoms with Crippen LogP contribution in [0.1, 0.15) is 10.4 Å². The van der Waals surface area contributed by atoms with Gasteiger partial charge in [0.1, 0.15) is 5.75 Å². The zero-order valence-electron chi connectivity index (χ0n) is 12.9. The Kier molecular flexibility index (Phi) is 3.63. The van der Waals surface area contributed by atoms with E-state index in [1.165, 1.54) is 16.7 Å². The predicted molar refractivity (Wildman–Crippen MR) is 98.1 cm³/mol. The fraction of sp³-hybridized carbons (Fsp3) is 0.0526. The summed E-state index contributed by atoms with van der Waals surface area (Å²) in [5.74, 6) is 0.454. The van der Waals surface area contributed by atoms with Crippen molar-refractivity contribution in [1.29, 1.82) is 0 Å². The van der Waals surface area contributed by atoms with Crippen molar-refractivity contribution < 1.29 is 9.53 Å². The summed E-state index contributed by atoms with van der Waals surface area (Å²) in [7, 11) is 1.58. The number of carbonyl (C=O) groups is 1. The van der Waals surface area contributed by atoms with Crippen molar-refractivity contribution in [3.05, 3.63) is 66.2 Å². The molecule has 4 rings (SSSR count). The zero-order chi connectivity index (χ0) is 16.5. The lowest BCUT2D eigenvalue weighted by Gasteiger charge is -2.03. The molecule has 5 heteroatoms. The minimum atomic E-state index is -0.197. The van der Waals surface area contributed by atoms with E-state index in [9.17, 15) is 4.79 Å². The van der Waals surface area contributed by atoms with Gasteiger partial charge in [0.2, 0.25) is 0 Å². The van der Waals surface area contributed by atoms with Crippen LogP contribution in [0.25, 0.3) is 21.0 Å². The van der Waals surface area contributed by atoms with E-state index < -0.39 is 0 Å². The molecule has 0 saturated heterocycles.